The third-order valence-corrected chi connectivity index (χ3v) is 4.91. The zero-order chi connectivity index (χ0) is 14.8. The molecule has 3 unspecified atom stereocenters. The van der Waals surface area contributed by atoms with Crippen LogP contribution in [-0.4, -0.2) is 18.0 Å². The minimum Gasteiger partial charge on any atom is -0.348 e. The van der Waals surface area contributed by atoms with Crippen LogP contribution in [0.15, 0.2) is 24.3 Å². The molecule has 3 nitrogen and oxygen atoms in total. The fourth-order valence-corrected chi connectivity index (χ4v) is 3.74. The minimum absolute atomic E-state index is 0.000142. The van der Waals surface area contributed by atoms with Crippen molar-refractivity contribution >= 4 is 5.91 Å². The Morgan fingerprint density at radius 3 is 2.86 bits per heavy atom. The molecule has 1 aliphatic heterocycles. The highest BCUT2D eigenvalue weighted by atomic mass is 19.1. The lowest BCUT2D eigenvalue weighted by molar-refractivity contribution is -0.123. The van der Waals surface area contributed by atoms with E-state index in [2.05, 4.69) is 10.6 Å². The van der Waals surface area contributed by atoms with Crippen molar-refractivity contribution in [2.45, 2.75) is 57.2 Å². The van der Waals surface area contributed by atoms with Gasteiger partial charge in [-0.1, -0.05) is 31.0 Å². The quantitative estimate of drug-likeness (QED) is 0.898. The summed E-state index contributed by atoms with van der Waals surface area (Å²) in [5.74, 6) is 0.372. The average molecular weight is 290 g/mol. The highest BCUT2D eigenvalue weighted by Crippen LogP contribution is 2.33. The van der Waals surface area contributed by atoms with Crippen LogP contribution in [0.5, 0.6) is 0 Å². The van der Waals surface area contributed by atoms with Crippen LogP contribution in [0, 0.1) is 11.7 Å². The molecule has 1 amide bonds. The molecule has 4 heteroatoms. The third-order valence-electron chi connectivity index (χ3n) is 4.91. The number of amides is 1. The first kappa shape index (κ1) is 14.5. The minimum atomic E-state index is -0.303. The summed E-state index contributed by atoms with van der Waals surface area (Å²) in [6.45, 7) is 1.83. The number of carbonyl (C=O) groups excluding carboxylic acids is 1. The molecule has 0 radical (unpaired) electrons. The molecule has 1 aromatic carbocycles. The van der Waals surface area contributed by atoms with Crippen LogP contribution in [0.25, 0.3) is 0 Å². The number of nitrogens with one attached hydrogen (secondary N) is 2. The van der Waals surface area contributed by atoms with Gasteiger partial charge in [0.15, 0.2) is 0 Å². The number of hydrogen-bond donors (Lipinski definition) is 2. The van der Waals surface area contributed by atoms with E-state index in [4.69, 9.17) is 0 Å². The molecule has 2 N–H and O–H groups in total. The van der Waals surface area contributed by atoms with Gasteiger partial charge in [0.2, 0.25) is 5.91 Å². The maximum absolute atomic E-state index is 13.7. The summed E-state index contributed by atoms with van der Waals surface area (Å²) in [4.78, 5) is 12.4. The Kier molecular flexibility index (Phi) is 4.24. The number of hydrogen-bond acceptors (Lipinski definition) is 2. The van der Waals surface area contributed by atoms with Crippen molar-refractivity contribution in [3.05, 3.63) is 35.6 Å². The van der Waals surface area contributed by atoms with Gasteiger partial charge in [-0.2, -0.15) is 0 Å². The largest absolute Gasteiger partial charge is 0.348 e. The van der Waals surface area contributed by atoms with Crippen LogP contribution in [0.1, 0.15) is 50.6 Å². The second-order valence-electron chi connectivity index (χ2n) is 6.36. The molecule has 21 heavy (non-hydrogen) atoms. The second kappa shape index (κ2) is 6.14. The second-order valence-corrected chi connectivity index (χ2v) is 6.36. The molecular weight excluding hydrogens is 267 g/mol. The molecule has 1 saturated heterocycles. The summed E-state index contributed by atoms with van der Waals surface area (Å²) >= 11 is 0. The molecule has 1 aliphatic carbocycles. The Bertz CT molecular complexity index is 505. The summed E-state index contributed by atoms with van der Waals surface area (Å²) in [5, 5.41) is 6.41. The molecule has 0 spiro atoms. The Hall–Kier alpha value is -1.42. The van der Waals surface area contributed by atoms with Crippen LogP contribution >= 0.6 is 0 Å². The molecule has 2 fully saturated rings. The number of benzene rings is 1. The van der Waals surface area contributed by atoms with Crippen LogP contribution in [-0.2, 0) is 4.79 Å². The summed E-state index contributed by atoms with van der Waals surface area (Å²) in [6, 6.07) is 6.69. The monoisotopic (exact) mass is 290 g/mol. The van der Waals surface area contributed by atoms with Gasteiger partial charge in [0.1, 0.15) is 5.82 Å². The van der Waals surface area contributed by atoms with Crippen molar-refractivity contribution in [1.82, 2.24) is 10.6 Å². The lowest BCUT2D eigenvalue weighted by Gasteiger charge is -2.24. The first-order valence-corrected chi connectivity index (χ1v) is 7.96. The first-order chi connectivity index (χ1) is 10.1. The molecular formula is C17H23FN2O. The maximum atomic E-state index is 13.7. The molecule has 3 rings (SSSR count). The van der Waals surface area contributed by atoms with Gasteiger partial charge in [-0.15, -0.1) is 0 Å². The van der Waals surface area contributed by atoms with Crippen molar-refractivity contribution in [3.63, 3.8) is 0 Å². The Morgan fingerprint density at radius 1 is 1.33 bits per heavy atom. The van der Waals surface area contributed by atoms with Crippen LogP contribution in [0.2, 0.25) is 0 Å². The fraction of sp³-hybridized carbons (Fsp3) is 0.588. The molecule has 114 valence electrons. The number of fused-ring (bicyclic) bond motifs is 1. The van der Waals surface area contributed by atoms with E-state index >= 15 is 0 Å². The topological polar surface area (TPSA) is 41.1 Å². The van der Waals surface area contributed by atoms with Gasteiger partial charge in [0, 0.05) is 11.6 Å². The predicted molar refractivity (Wildman–Crippen MR) is 80.2 cm³/mol. The van der Waals surface area contributed by atoms with Crippen molar-refractivity contribution in [2.24, 2.45) is 5.92 Å². The highest BCUT2D eigenvalue weighted by molar-refractivity contribution is 5.82. The standard InChI is InChI=1S/C17H23FN2O/c1-11(13-7-3-4-8-14(13)18)19-17(21)16-10-12-6-2-5-9-15(12)20-16/h3-4,7-8,11-12,15-16,20H,2,5-6,9-10H2,1H3,(H,19,21)/t11-,12?,15?,16?/m1/s1. The number of halogens is 1. The average Bonchev–Trinajstić information content (AvgIpc) is 2.91. The molecule has 1 aromatic rings. The smallest absolute Gasteiger partial charge is 0.237 e. The summed E-state index contributed by atoms with van der Waals surface area (Å²) in [7, 11) is 0. The Morgan fingerprint density at radius 2 is 2.10 bits per heavy atom. The van der Waals surface area contributed by atoms with Gasteiger partial charge in [-0.25, -0.2) is 4.39 Å². The van der Waals surface area contributed by atoms with E-state index < -0.39 is 0 Å². The third kappa shape index (κ3) is 3.10. The van der Waals surface area contributed by atoms with Crippen molar-refractivity contribution < 1.29 is 9.18 Å². The van der Waals surface area contributed by atoms with Crippen molar-refractivity contribution in [2.75, 3.05) is 0 Å². The van der Waals surface area contributed by atoms with Crippen LogP contribution < -0.4 is 10.6 Å². The fourth-order valence-electron chi connectivity index (χ4n) is 3.74. The van der Waals surface area contributed by atoms with E-state index in [0.29, 0.717) is 17.5 Å². The van der Waals surface area contributed by atoms with E-state index in [-0.39, 0.29) is 23.8 Å². The zero-order valence-corrected chi connectivity index (χ0v) is 12.4. The van der Waals surface area contributed by atoms with Gasteiger partial charge >= 0.3 is 0 Å². The van der Waals surface area contributed by atoms with E-state index in [0.717, 1.165) is 6.42 Å². The highest BCUT2D eigenvalue weighted by Gasteiger charge is 2.38. The predicted octanol–water partition coefficient (Wildman–Crippen LogP) is 2.92. The molecule has 0 bridgehead atoms. The van der Waals surface area contributed by atoms with Gasteiger partial charge < -0.3 is 10.6 Å². The molecule has 1 saturated carbocycles. The van der Waals surface area contributed by atoms with Gasteiger partial charge in [-0.3, -0.25) is 4.79 Å². The number of rotatable bonds is 3. The van der Waals surface area contributed by atoms with Crippen LogP contribution in [0.4, 0.5) is 4.39 Å². The Labute approximate surface area is 125 Å². The SMILES string of the molecule is C[C@@H](NC(=O)C1CC2CCCCC2N1)c1ccccc1F. The molecule has 2 aliphatic rings. The summed E-state index contributed by atoms with van der Waals surface area (Å²) in [6.07, 6.45) is 5.86. The maximum Gasteiger partial charge on any atom is 0.237 e. The van der Waals surface area contributed by atoms with Crippen molar-refractivity contribution in [3.8, 4) is 0 Å². The zero-order valence-electron chi connectivity index (χ0n) is 12.4. The molecule has 0 aromatic heterocycles. The van der Waals surface area contributed by atoms with E-state index in [1.54, 1.807) is 18.2 Å². The van der Waals surface area contributed by atoms with E-state index in [1.807, 2.05) is 6.92 Å². The van der Waals surface area contributed by atoms with Gasteiger partial charge in [0.25, 0.3) is 0 Å². The van der Waals surface area contributed by atoms with E-state index in [1.165, 1.54) is 31.7 Å². The van der Waals surface area contributed by atoms with Gasteiger partial charge in [-0.05, 0) is 38.2 Å². The lowest BCUT2D eigenvalue weighted by Crippen LogP contribution is -2.44. The normalized spacial score (nSPS) is 29.7. The molecule has 4 atom stereocenters. The van der Waals surface area contributed by atoms with E-state index in [9.17, 15) is 9.18 Å². The first-order valence-electron chi connectivity index (χ1n) is 7.96. The summed E-state index contributed by atoms with van der Waals surface area (Å²) in [5.41, 5.74) is 0.543. The Balaban J connectivity index is 1.60. The number of carbonyl (C=O) groups is 1. The van der Waals surface area contributed by atoms with Gasteiger partial charge in [0.05, 0.1) is 12.1 Å². The summed E-state index contributed by atoms with van der Waals surface area (Å²) < 4.78 is 13.7. The van der Waals surface area contributed by atoms with Crippen LogP contribution in [0.3, 0.4) is 0 Å². The van der Waals surface area contributed by atoms with Crippen molar-refractivity contribution in [1.29, 1.82) is 0 Å². The lowest BCUT2D eigenvalue weighted by atomic mass is 9.85. The molecule has 1 heterocycles.